The minimum atomic E-state index is -3.62. The van der Waals surface area contributed by atoms with Crippen LogP contribution in [-0.2, 0) is 19.9 Å². The van der Waals surface area contributed by atoms with Crippen LogP contribution in [0, 0.1) is 5.92 Å². The standard InChI is InChI=1S/C16H23NO6S2/c1-2-24(19,20)10-9-23-14-5-7-15(8-6-14)25(21,22)17-11-16(18,12-17)13-3-4-13/h5-8,13,18H,2-4,9-12H2,1H3. The number of rotatable bonds is 8. The fourth-order valence-corrected chi connectivity index (χ4v) is 5.09. The van der Waals surface area contributed by atoms with Gasteiger partial charge in [-0.2, -0.15) is 4.31 Å². The first-order valence-electron chi connectivity index (χ1n) is 8.32. The van der Waals surface area contributed by atoms with Crippen molar-refractivity contribution in [2.45, 2.75) is 30.3 Å². The zero-order chi connectivity index (χ0) is 18.3. The molecular formula is C16H23NO6S2. The van der Waals surface area contributed by atoms with Crippen LogP contribution in [0.3, 0.4) is 0 Å². The van der Waals surface area contributed by atoms with Crippen molar-refractivity contribution < 1.29 is 26.7 Å². The van der Waals surface area contributed by atoms with Crippen LogP contribution in [0.1, 0.15) is 19.8 Å². The highest BCUT2D eigenvalue weighted by Gasteiger charge is 2.55. The minimum absolute atomic E-state index is 0.0306. The summed E-state index contributed by atoms with van der Waals surface area (Å²) in [5.41, 5.74) is -0.860. The minimum Gasteiger partial charge on any atom is -0.493 e. The van der Waals surface area contributed by atoms with Crippen LogP contribution in [0.25, 0.3) is 0 Å². The molecule has 1 N–H and O–H groups in total. The summed E-state index contributed by atoms with van der Waals surface area (Å²) in [6, 6.07) is 5.90. The molecule has 0 unspecified atom stereocenters. The lowest BCUT2D eigenvalue weighted by Crippen LogP contribution is -2.64. The maximum Gasteiger partial charge on any atom is 0.243 e. The van der Waals surface area contributed by atoms with E-state index in [0.717, 1.165) is 12.8 Å². The van der Waals surface area contributed by atoms with Crippen molar-refractivity contribution in [3.8, 4) is 5.75 Å². The molecule has 25 heavy (non-hydrogen) atoms. The van der Waals surface area contributed by atoms with Gasteiger partial charge < -0.3 is 9.84 Å². The van der Waals surface area contributed by atoms with Crippen LogP contribution in [-0.4, -0.2) is 63.1 Å². The molecule has 0 amide bonds. The average Bonchev–Trinajstić information content (AvgIpc) is 3.37. The number of β-amino-alcohol motifs (C(OH)–C–C–N with tert-alkyl or cyclic N) is 1. The summed E-state index contributed by atoms with van der Waals surface area (Å²) < 4.78 is 54.5. The number of benzene rings is 1. The third-order valence-electron chi connectivity index (χ3n) is 4.80. The fourth-order valence-electron chi connectivity index (χ4n) is 2.90. The lowest BCUT2D eigenvalue weighted by atomic mass is 9.91. The molecule has 0 bridgehead atoms. The Balaban J connectivity index is 1.58. The summed E-state index contributed by atoms with van der Waals surface area (Å²) in [5.74, 6) is 0.644. The Hall–Kier alpha value is -1.16. The van der Waals surface area contributed by atoms with E-state index in [1.807, 2.05) is 0 Å². The summed E-state index contributed by atoms with van der Waals surface area (Å²) in [7, 11) is -6.71. The molecule has 1 aliphatic carbocycles. The molecule has 1 saturated heterocycles. The predicted molar refractivity (Wildman–Crippen MR) is 92.7 cm³/mol. The van der Waals surface area contributed by atoms with Crippen LogP contribution >= 0.6 is 0 Å². The maximum absolute atomic E-state index is 12.5. The van der Waals surface area contributed by atoms with E-state index in [9.17, 15) is 21.9 Å². The summed E-state index contributed by atoms with van der Waals surface area (Å²) in [5, 5.41) is 10.3. The molecular weight excluding hydrogens is 366 g/mol. The summed E-state index contributed by atoms with van der Waals surface area (Å²) >= 11 is 0. The fraction of sp³-hybridized carbons (Fsp3) is 0.625. The summed E-state index contributed by atoms with van der Waals surface area (Å²) in [6.45, 7) is 1.90. The molecule has 0 radical (unpaired) electrons. The highest BCUT2D eigenvalue weighted by atomic mass is 32.2. The topological polar surface area (TPSA) is 101 Å². The number of sulfone groups is 1. The van der Waals surface area contributed by atoms with Gasteiger partial charge in [-0.1, -0.05) is 6.92 Å². The number of nitrogens with zero attached hydrogens (tertiary/aromatic N) is 1. The molecule has 9 heteroatoms. The number of ether oxygens (including phenoxy) is 1. The molecule has 1 aliphatic heterocycles. The van der Waals surface area contributed by atoms with Crippen molar-refractivity contribution in [2.24, 2.45) is 5.92 Å². The smallest absolute Gasteiger partial charge is 0.243 e. The molecule has 140 valence electrons. The number of hydrogen-bond donors (Lipinski definition) is 1. The van der Waals surface area contributed by atoms with E-state index in [1.54, 1.807) is 6.92 Å². The van der Waals surface area contributed by atoms with E-state index in [2.05, 4.69) is 0 Å². The van der Waals surface area contributed by atoms with Crippen LogP contribution in [0.2, 0.25) is 0 Å². The average molecular weight is 389 g/mol. The predicted octanol–water partition coefficient (Wildman–Crippen LogP) is 0.645. The molecule has 1 aromatic rings. The molecule has 3 rings (SSSR count). The van der Waals surface area contributed by atoms with Crippen molar-refractivity contribution in [3.05, 3.63) is 24.3 Å². The van der Waals surface area contributed by atoms with Crippen LogP contribution in [0.15, 0.2) is 29.2 Å². The van der Waals surface area contributed by atoms with Gasteiger partial charge in [0.1, 0.15) is 12.4 Å². The largest absolute Gasteiger partial charge is 0.493 e. The second-order valence-corrected chi connectivity index (χ2v) is 11.1. The van der Waals surface area contributed by atoms with Gasteiger partial charge in [-0.25, -0.2) is 16.8 Å². The van der Waals surface area contributed by atoms with Gasteiger partial charge in [-0.05, 0) is 43.0 Å². The second kappa shape index (κ2) is 6.53. The Morgan fingerprint density at radius 3 is 2.28 bits per heavy atom. The SMILES string of the molecule is CCS(=O)(=O)CCOc1ccc(S(=O)(=O)N2CC(O)(C3CC3)C2)cc1. The van der Waals surface area contributed by atoms with Gasteiger partial charge in [0.15, 0.2) is 9.84 Å². The van der Waals surface area contributed by atoms with Crippen LogP contribution in [0.4, 0.5) is 0 Å². The van der Waals surface area contributed by atoms with E-state index >= 15 is 0 Å². The zero-order valence-electron chi connectivity index (χ0n) is 14.1. The van der Waals surface area contributed by atoms with Crippen molar-refractivity contribution in [3.63, 3.8) is 0 Å². The Labute approximate surface area is 148 Å². The quantitative estimate of drug-likeness (QED) is 0.700. The van der Waals surface area contributed by atoms with Gasteiger partial charge in [0.05, 0.1) is 16.2 Å². The Morgan fingerprint density at radius 1 is 1.16 bits per heavy atom. The molecule has 0 aromatic heterocycles. The molecule has 1 heterocycles. The van der Waals surface area contributed by atoms with E-state index in [4.69, 9.17) is 4.74 Å². The third kappa shape index (κ3) is 3.99. The maximum atomic E-state index is 12.5. The van der Waals surface area contributed by atoms with Crippen LogP contribution < -0.4 is 4.74 Å². The molecule has 2 aliphatic rings. The van der Waals surface area contributed by atoms with Crippen molar-refractivity contribution in [1.82, 2.24) is 4.31 Å². The lowest BCUT2D eigenvalue weighted by Gasteiger charge is -2.45. The van der Waals surface area contributed by atoms with Gasteiger partial charge in [0.2, 0.25) is 10.0 Å². The Morgan fingerprint density at radius 2 is 1.76 bits per heavy atom. The summed E-state index contributed by atoms with van der Waals surface area (Å²) in [6.07, 6.45) is 1.92. The van der Waals surface area contributed by atoms with Crippen molar-refractivity contribution in [1.29, 1.82) is 0 Å². The van der Waals surface area contributed by atoms with E-state index in [0.29, 0.717) is 5.75 Å². The first kappa shape index (κ1) is 18.6. The number of sulfonamides is 1. The van der Waals surface area contributed by atoms with Crippen molar-refractivity contribution in [2.75, 3.05) is 31.2 Å². The number of hydrogen-bond acceptors (Lipinski definition) is 6. The van der Waals surface area contributed by atoms with E-state index in [1.165, 1.54) is 28.6 Å². The van der Waals surface area contributed by atoms with Gasteiger partial charge in [0.25, 0.3) is 0 Å². The molecule has 0 spiro atoms. The Kier molecular flexibility index (Phi) is 4.87. The highest BCUT2D eigenvalue weighted by Crippen LogP contribution is 2.45. The highest BCUT2D eigenvalue weighted by molar-refractivity contribution is 7.91. The first-order chi connectivity index (χ1) is 11.7. The Bertz CT molecular complexity index is 822. The van der Waals surface area contributed by atoms with Gasteiger partial charge in [-0.15, -0.1) is 0 Å². The van der Waals surface area contributed by atoms with Crippen LogP contribution in [0.5, 0.6) is 5.75 Å². The van der Waals surface area contributed by atoms with Crippen molar-refractivity contribution >= 4 is 19.9 Å². The molecule has 2 fully saturated rings. The third-order valence-corrected chi connectivity index (χ3v) is 8.28. The van der Waals surface area contributed by atoms with Gasteiger partial charge in [0, 0.05) is 18.8 Å². The monoisotopic (exact) mass is 389 g/mol. The molecule has 1 saturated carbocycles. The molecule has 0 atom stereocenters. The second-order valence-electron chi connectivity index (χ2n) is 6.71. The zero-order valence-corrected chi connectivity index (χ0v) is 15.7. The molecule has 1 aromatic carbocycles. The van der Waals surface area contributed by atoms with Gasteiger partial charge >= 0.3 is 0 Å². The lowest BCUT2D eigenvalue weighted by molar-refractivity contribution is -0.0764. The first-order valence-corrected chi connectivity index (χ1v) is 11.6. The van der Waals surface area contributed by atoms with Gasteiger partial charge in [-0.3, -0.25) is 0 Å². The summed E-state index contributed by atoms with van der Waals surface area (Å²) in [4.78, 5) is 0.138. The van der Waals surface area contributed by atoms with E-state index in [-0.39, 0.29) is 42.0 Å². The van der Waals surface area contributed by atoms with E-state index < -0.39 is 25.5 Å². The molecule has 7 nitrogen and oxygen atoms in total. The normalized spacial score (nSPS) is 20.9. The number of aliphatic hydroxyl groups is 1.